The van der Waals surface area contributed by atoms with Crippen LogP contribution in [0.3, 0.4) is 0 Å². The minimum Gasteiger partial charge on any atom is -0.492 e. The summed E-state index contributed by atoms with van der Waals surface area (Å²) in [4.78, 5) is 0. The molecule has 0 aliphatic carbocycles. The third-order valence-corrected chi connectivity index (χ3v) is 2.71. The van der Waals surface area contributed by atoms with Gasteiger partial charge >= 0.3 is 0 Å². The molecule has 0 atom stereocenters. The van der Waals surface area contributed by atoms with Crippen LogP contribution in [0, 0.1) is 6.92 Å². The van der Waals surface area contributed by atoms with Gasteiger partial charge in [-0.3, -0.25) is 0 Å². The van der Waals surface area contributed by atoms with E-state index in [1.165, 1.54) is 5.56 Å². The van der Waals surface area contributed by atoms with E-state index in [4.69, 9.17) is 10.5 Å². The molecule has 2 aromatic carbocycles. The van der Waals surface area contributed by atoms with Crippen LogP contribution in [-0.2, 0) is 0 Å². The molecule has 0 unspecified atom stereocenters. The SMILES string of the molecule is Cc1ccccc1NCCOc1ccc(N)cc1. The molecule has 0 radical (unpaired) electrons. The number of rotatable bonds is 5. The third-order valence-electron chi connectivity index (χ3n) is 2.71. The van der Waals surface area contributed by atoms with Crippen molar-refractivity contribution in [3.63, 3.8) is 0 Å². The van der Waals surface area contributed by atoms with Gasteiger partial charge in [0.25, 0.3) is 0 Å². The Kier molecular flexibility index (Phi) is 4.07. The van der Waals surface area contributed by atoms with Crippen molar-refractivity contribution >= 4 is 11.4 Å². The lowest BCUT2D eigenvalue weighted by Crippen LogP contribution is -2.12. The van der Waals surface area contributed by atoms with Crippen molar-refractivity contribution in [3.8, 4) is 5.75 Å². The molecule has 0 bridgehead atoms. The van der Waals surface area contributed by atoms with Gasteiger partial charge in [0.05, 0.1) is 0 Å². The first-order valence-corrected chi connectivity index (χ1v) is 6.03. The van der Waals surface area contributed by atoms with E-state index in [1.54, 1.807) is 0 Å². The van der Waals surface area contributed by atoms with Gasteiger partial charge in [0.15, 0.2) is 0 Å². The van der Waals surface area contributed by atoms with E-state index in [-0.39, 0.29) is 0 Å². The average Bonchev–Trinajstić information content (AvgIpc) is 2.39. The molecular formula is C15H18N2O. The zero-order valence-corrected chi connectivity index (χ0v) is 10.5. The Morgan fingerprint density at radius 3 is 2.50 bits per heavy atom. The van der Waals surface area contributed by atoms with Crippen molar-refractivity contribution in [1.82, 2.24) is 0 Å². The predicted molar refractivity (Wildman–Crippen MR) is 76.0 cm³/mol. The fourth-order valence-electron chi connectivity index (χ4n) is 1.69. The molecule has 18 heavy (non-hydrogen) atoms. The summed E-state index contributed by atoms with van der Waals surface area (Å²) in [5.41, 5.74) is 8.75. The van der Waals surface area contributed by atoms with Crippen LogP contribution in [-0.4, -0.2) is 13.2 Å². The molecule has 0 saturated carbocycles. The molecular weight excluding hydrogens is 224 g/mol. The second-order valence-electron chi connectivity index (χ2n) is 4.16. The van der Waals surface area contributed by atoms with Gasteiger partial charge in [-0.05, 0) is 42.8 Å². The molecule has 0 spiro atoms. The predicted octanol–water partition coefficient (Wildman–Crippen LogP) is 3.07. The molecule has 3 N–H and O–H groups in total. The number of nitrogens with two attached hydrogens (primary N) is 1. The summed E-state index contributed by atoms with van der Waals surface area (Å²) >= 11 is 0. The summed E-state index contributed by atoms with van der Waals surface area (Å²) in [5, 5.41) is 3.34. The first-order chi connectivity index (χ1) is 8.75. The zero-order chi connectivity index (χ0) is 12.8. The summed E-state index contributed by atoms with van der Waals surface area (Å²) in [7, 11) is 0. The number of para-hydroxylation sites is 1. The zero-order valence-electron chi connectivity index (χ0n) is 10.5. The Balaban J connectivity index is 1.76. The lowest BCUT2D eigenvalue weighted by Gasteiger charge is -2.10. The van der Waals surface area contributed by atoms with E-state index in [0.29, 0.717) is 6.61 Å². The summed E-state index contributed by atoms with van der Waals surface area (Å²) in [6.45, 7) is 3.48. The maximum Gasteiger partial charge on any atom is 0.119 e. The number of aryl methyl sites for hydroxylation is 1. The quantitative estimate of drug-likeness (QED) is 0.625. The first-order valence-electron chi connectivity index (χ1n) is 6.03. The van der Waals surface area contributed by atoms with Gasteiger partial charge in [0.2, 0.25) is 0 Å². The van der Waals surface area contributed by atoms with E-state index < -0.39 is 0 Å². The topological polar surface area (TPSA) is 47.3 Å². The molecule has 0 saturated heterocycles. The highest BCUT2D eigenvalue weighted by atomic mass is 16.5. The molecule has 0 aliphatic rings. The summed E-state index contributed by atoms with van der Waals surface area (Å²) < 4.78 is 5.60. The summed E-state index contributed by atoms with van der Waals surface area (Å²) in [5.74, 6) is 0.843. The number of benzene rings is 2. The minimum atomic E-state index is 0.623. The Labute approximate surface area is 108 Å². The Hall–Kier alpha value is -2.16. The second-order valence-corrected chi connectivity index (χ2v) is 4.16. The molecule has 0 fully saturated rings. The van der Waals surface area contributed by atoms with E-state index in [1.807, 2.05) is 36.4 Å². The molecule has 2 aromatic rings. The van der Waals surface area contributed by atoms with Crippen LogP contribution in [0.1, 0.15) is 5.56 Å². The average molecular weight is 242 g/mol. The standard InChI is InChI=1S/C15H18N2O/c1-12-4-2-3-5-15(12)17-10-11-18-14-8-6-13(16)7-9-14/h2-9,17H,10-11,16H2,1H3. The number of hydrogen-bond acceptors (Lipinski definition) is 3. The van der Waals surface area contributed by atoms with Gasteiger partial charge in [-0.2, -0.15) is 0 Å². The van der Waals surface area contributed by atoms with Crippen LogP contribution in [0.2, 0.25) is 0 Å². The fraction of sp³-hybridized carbons (Fsp3) is 0.200. The maximum atomic E-state index is 5.61. The number of nitrogen functional groups attached to an aromatic ring is 1. The van der Waals surface area contributed by atoms with Crippen molar-refractivity contribution in [1.29, 1.82) is 0 Å². The van der Waals surface area contributed by atoms with Crippen LogP contribution in [0.25, 0.3) is 0 Å². The normalized spacial score (nSPS) is 10.1. The molecule has 2 rings (SSSR count). The van der Waals surface area contributed by atoms with Gasteiger partial charge in [-0.25, -0.2) is 0 Å². The smallest absolute Gasteiger partial charge is 0.119 e. The number of ether oxygens (including phenoxy) is 1. The monoisotopic (exact) mass is 242 g/mol. The van der Waals surface area contributed by atoms with E-state index in [9.17, 15) is 0 Å². The molecule has 0 aliphatic heterocycles. The van der Waals surface area contributed by atoms with Gasteiger partial charge < -0.3 is 15.8 Å². The summed E-state index contributed by atoms with van der Waals surface area (Å²) in [6, 6.07) is 15.6. The highest BCUT2D eigenvalue weighted by Crippen LogP contribution is 2.14. The first kappa shape index (κ1) is 12.3. The lowest BCUT2D eigenvalue weighted by atomic mass is 10.2. The molecule has 94 valence electrons. The van der Waals surface area contributed by atoms with Crippen molar-refractivity contribution in [3.05, 3.63) is 54.1 Å². The van der Waals surface area contributed by atoms with Crippen molar-refractivity contribution in [2.24, 2.45) is 0 Å². The van der Waals surface area contributed by atoms with Crippen molar-refractivity contribution in [2.75, 3.05) is 24.2 Å². The van der Waals surface area contributed by atoms with E-state index in [2.05, 4.69) is 24.4 Å². The van der Waals surface area contributed by atoms with Crippen LogP contribution < -0.4 is 15.8 Å². The Bertz CT molecular complexity index is 494. The van der Waals surface area contributed by atoms with Crippen LogP contribution in [0.4, 0.5) is 11.4 Å². The van der Waals surface area contributed by atoms with Crippen LogP contribution >= 0.6 is 0 Å². The van der Waals surface area contributed by atoms with Gasteiger partial charge in [-0.15, -0.1) is 0 Å². The van der Waals surface area contributed by atoms with E-state index in [0.717, 1.165) is 23.7 Å². The van der Waals surface area contributed by atoms with Crippen molar-refractivity contribution < 1.29 is 4.74 Å². The molecule has 0 heterocycles. The Morgan fingerprint density at radius 2 is 1.78 bits per heavy atom. The van der Waals surface area contributed by atoms with Gasteiger partial charge in [0.1, 0.15) is 12.4 Å². The summed E-state index contributed by atoms with van der Waals surface area (Å²) in [6.07, 6.45) is 0. The maximum absolute atomic E-state index is 5.61. The number of hydrogen-bond donors (Lipinski definition) is 2. The van der Waals surface area contributed by atoms with Crippen molar-refractivity contribution in [2.45, 2.75) is 6.92 Å². The highest BCUT2D eigenvalue weighted by molar-refractivity contribution is 5.50. The molecule has 0 amide bonds. The minimum absolute atomic E-state index is 0.623. The number of nitrogens with one attached hydrogen (secondary N) is 1. The second kappa shape index (κ2) is 5.96. The van der Waals surface area contributed by atoms with Gasteiger partial charge in [0, 0.05) is 17.9 Å². The largest absolute Gasteiger partial charge is 0.492 e. The lowest BCUT2D eigenvalue weighted by molar-refractivity contribution is 0.333. The molecule has 3 nitrogen and oxygen atoms in total. The van der Waals surface area contributed by atoms with Crippen LogP contribution in [0.15, 0.2) is 48.5 Å². The van der Waals surface area contributed by atoms with Gasteiger partial charge in [-0.1, -0.05) is 18.2 Å². The number of anilines is 2. The highest BCUT2D eigenvalue weighted by Gasteiger charge is 1.96. The third kappa shape index (κ3) is 3.42. The molecule has 0 aromatic heterocycles. The Morgan fingerprint density at radius 1 is 1.06 bits per heavy atom. The van der Waals surface area contributed by atoms with Crippen LogP contribution in [0.5, 0.6) is 5.75 Å². The fourth-order valence-corrected chi connectivity index (χ4v) is 1.69. The molecule has 3 heteroatoms. The van der Waals surface area contributed by atoms with E-state index >= 15 is 0 Å².